The molecule has 1 aromatic rings. The van der Waals surface area contributed by atoms with E-state index in [9.17, 15) is 9.18 Å². The maximum Gasteiger partial charge on any atom is 0.175 e. The van der Waals surface area contributed by atoms with Gasteiger partial charge in [-0.05, 0) is 25.0 Å². The van der Waals surface area contributed by atoms with Crippen LogP contribution in [-0.4, -0.2) is 30.0 Å². The zero-order valence-electron chi connectivity index (χ0n) is 9.52. The Hall–Kier alpha value is -0.870. The van der Waals surface area contributed by atoms with E-state index >= 15 is 0 Å². The van der Waals surface area contributed by atoms with E-state index in [1.165, 1.54) is 6.07 Å². The van der Waals surface area contributed by atoms with Gasteiger partial charge in [0.2, 0.25) is 0 Å². The Kier molecular flexibility index (Phi) is 4.57. The largest absolute Gasteiger partial charge is 0.381 e. The van der Waals surface area contributed by atoms with Crippen molar-refractivity contribution in [1.82, 2.24) is 0 Å². The molecule has 0 aliphatic carbocycles. The number of hydrogen-bond donors (Lipinski definition) is 0. The summed E-state index contributed by atoms with van der Waals surface area (Å²) in [6.07, 6.45) is 1.96. The minimum absolute atomic E-state index is 0.125. The molecule has 17 heavy (non-hydrogen) atoms. The van der Waals surface area contributed by atoms with Gasteiger partial charge in [-0.3, -0.25) is 4.79 Å². The van der Waals surface area contributed by atoms with Crippen molar-refractivity contribution in [3.05, 3.63) is 35.6 Å². The number of ether oxygens (including phenoxy) is 1. The van der Waals surface area contributed by atoms with Crippen LogP contribution >= 0.6 is 11.8 Å². The Bertz CT molecular complexity index is 389. The fourth-order valence-electron chi connectivity index (χ4n) is 1.80. The molecule has 0 amide bonds. The van der Waals surface area contributed by atoms with E-state index in [0.717, 1.165) is 26.1 Å². The predicted molar refractivity (Wildman–Crippen MR) is 67.0 cm³/mol. The molecule has 0 N–H and O–H groups in total. The maximum absolute atomic E-state index is 13.4. The maximum atomic E-state index is 13.4. The van der Waals surface area contributed by atoms with Crippen LogP contribution in [0.25, 0.3) is 0 Å². The number of carbonyl (C=O) groups excluding carboxylic acids is 1. The van der Waals surface area contributed by atoms with Crippen LogP contribution in [0.5, 0.6) is 0 Å². The Labute approximate surface area is 105 Å². The number of benzene rings is 1. The van der Waals surface area contributed by atoms with Gasteiger partial charge >= 0.3 is 0 Å². The standard InChI is InChI=1S/C13H15FO2S/c14-12-4-2-1-3-11(12)13(15)9-17-10-5-7-16-8-6-10/h1-4,10H,5-9H2. The zero-order chi connectivity index (χ0) is 12.1. The Morgan fingerprint density at radius 2 is 2.06 bits per heavy atom. The lowest BCUT2D eigenvalue weighted by atomic mass is 10.1. The monoisotopic (exact) mass is 254 g/mol. The van der Waals surface area contributed by atoms with Crippen molar-refractivity contribution in [1.29, 1.82) is 0 Å². The average Bonchev–Trinajstić information content (AvgIpc) is 2.38. The second-order valence-corrected chi connectivity index (χ2v) is 5.31. The number of ketones is 1. The third kappa shape index (κ3) is 3.54. The van der Waals surface area contributed by atoms with Crippen LogP contribution in [0.1, 0.15) is 23.2 Å². The van der Waals surface area contributed by atoms with E-state index in [2.05, 4.69) is 0 Å². The first kappa shape index (κ1) is 12.6. The second kappa shape index (κ2) is 6.17. The van der Waals surface area contributed by atoms with Crippen molar-refractivity contribution < 1.29 is 13.9 Å². The first-order chi connectivity index (χ1) is 8.27. The molecule has 0 aromatic heterocycles. The van der Waals surface area contributed by atoms with Crippen molar-refractivity contribution in [2.45, 2.75) is 18.1 Å². The van der Waals surface area contributed by atoms with E-state index in [1.54, 1.807) is 30.0 Å². The molecule has 1 saturated heterocycles. The average molecular weight is 254 g/mol. The second-order valence-electron chi connectivity index (χ2n) is 4.03. The van der Waals surface area contributed by atoms with Gasteiger partial charge in [0.1, 0.15) is 5.82 Å². The van der Waals surface area contributed by atoms with Crippen LogP contribution in [0.3, 0.4) is 0 Å². The number of thioether (sulfide) groups is 1. The number of halogens is 1. The quantitative estimate of drug-likeness (QED) is 0.773. The third-order valence-corrected chi connectivity index (χ3v) is 4.16. The highest BCUT2D eigenvalue weighted by Gasteiger charge is 2.17. The molecular weight excluding hydrogens is 239 g/mol. The van der Waals surface area contributed by atoms with Crippen LogP contribution in [0.4, 0.5) is 4.39 Å². The van der Waals surface area contributed by atoms with E-state index in [-0.39, 0.29) is 11.3 Å². The highest BCUT2D eigenvalue weighted by Crippen LogP contribution is 2.23. The van der Waals surface area contributed by atoms with E-state index in [0.29, 0.717) is 11.0 Å². The number of rotatable bonds is 4. The van der Waals surface area contributed by atoms with E-state index in [4.69, 9.17) is 4.74 Å². The van der Waals surface area contributed by atoms with Gasteiger partial charge < -0.3 is 4.74 Å². The topological polar surface area (TPSA) is 26.3 Å². The summed E-state index contributed by atoms with van der Waals surface area (Å²) in [6, 6.07) is 6.15. The molecule has 0 saturated carbocycles. The molecule has 92 valence electrons. The molecule has 1 aliphatic rings. The Morgan fingerprint density at radius 1 is 1.35 bits per heavy atom. The summed E-state index contributed by atoms with van der Waals surface area (Å²) < 4.78 is 18.6. The Balaban J connectivity index is 1.87. The van der Waals surface area contributed by atoms with Crippen molar-refractivity contribution >= 4 is 17.5 Å². The molecule has 1 fully saturated rings. The molecule has 2 rings (SSSR count). The van der Waals surface area contributed by atoms with Gasteiger partial charge in [0.15, 0.2) is 5.78 Å². The summed E-state index contributed by atoms with van der Waals surface area (Å²) in [6.45, 7) is 1.54. The highest BCUT2D eigenvalue weighted by atomic mass is 32.2. The van der Waals surface area contributed by atoms with Crippen molar-refractivity contribution in [2.24, 2.45) is 0 Å². The molecule has 0 spiro atoms. The van der Waals surface area contributed by atoms with Gasteiger partial charge in [0.05, 0.1) is 11.3 Å². The van der Waals surface area contributed by atoms with E-state index in [1.807, 2.05) is 0 Å². The van der Waals surface area contributed by atoms with Gasteiger partial charge in [-0.15, -0.1) is 0 Å². The normalized spacial score (nSPS) is 17.0. The minimum atomic E-state index is -0.426. The van der Waals surface area contributed by atoms with Gasteiger partial charge in [0.25, 0.3) is 0 Å². The molecule has 0 atom stereocenters. The molecule has 0 radical (unpaired) electrons. The van der Waals surface area contributed by atoms with Crippen LogP contribution in [0.15, 0.2) is 24.3 Å². The van der Waals surface area contributed by atoms with Gasteiger partial charge in [-0.25, -0.2) is 4.39 Å². The molecule has 1 aliphatic heterocycles. The lowest BCUT2D eigenvalue weighted by molar-refractivity contribution is 0.0987. The summed E-state index contributed by atoms with van der Waals surface area (Å²) >= 11 is 1.61. The van der Waals surface area contributed by atoms with E-state index < -0.39 is 5.82 Å². The fraction of sp³-hybridized carbons (Fsp3) is 0.462. The Morgan fingerprint density at radius 3 is 2.76 bits per heavy atom. The summed E-state index contributed by atoms with van der Waals surface area (Å²) in [5.74, 6) is -0.198. The SMILES string of the molecule is O=C(CSC1CCOCC1)c1ccccc1F. The molecule has 0 unspecified atom stereocenters. The lowest BCUT2D eigenvalue weighted by Gasteiger charge is -2.21. The summed E-state index contributed by atoms with van der Waals surface area (Å²) in [7, 11) is 0. The molecule has 1 aromatic carbocycles. The number of hydrogen-bond acceptors (Lipinski definition) is 3. The molecule has 2 nitrogen and oxygen atoms in total. The summed E-state index contributed by atoms with van der Waals surface area (Å²) in [5, 5.41) is 0.472. The van der Waals surface area contributed by atoms with Gasteiger partial charge in [-0.1, -0.05) is 12.1 Å². The first-order valence-electron chi connectivity index (χ1n) is 5.74. The number of carbonyl (C=O) groups is 1. The van der Waals surface area contributed by atoms with Crippen molar-refractivity contribution in [3.8, 4) is 0 Å². The van der Waals surface area contributed by atoms with Crippen molar-refractivity contribution in [3.63, 3.8) is 0 Å². The third-order valence-electron chi connectivity index (χ3n) is 2.79. The van der Waals surface area contributed by atoms with Crippen molar-refractivity contribution in [2.75, 3.05) is 19.0 Å². The fourth-order valence-corrected chi connectivity index (χ4v) is 2.87. The summed E-state index contributed by atoms with van der Waals surface area (Å²) in [4.78, 5) is 11.8. The number of Topliss-reactive ketones (excluding diaryl/α,β-unsaturated/α-hetero) is 1. The molecule has 0 bridgehead atoms. The predicted octanol–water partition coefficient (Wildman–Crippen LogP) is 2.92. The van der Waals surface area contributed by atoms with Crippen LogP contribution < -0.4 is 0 Å². The van der Waals surface area contributed by atoms with Gasteiger partial charge in [0, 0.05) is 18.5 Å². The molecule has 4 heteroatoms. The zero-order valence-corrected chi connectivity index (χ0v) is 10.3. The first-order valence-corrected chi connectivity index (χ1v) is 6.79. The minimum Gasteiger partial charge on any atom is -0.381 e. The molecule has 1 heterocycles. The smallest absolute Gasteiger partial charge is 0.175 e. The lowest BCUT2D eigenvalue weighted by Crippen LogP contribution is -2.19. The van der Waals surface area contributed by atoms with Crippen LogP contribution in [-0.2, 0) is 4.74 Å². The van der Waals surface area contributed by atoms with Crippen LogP contribution in [0.2, 0.25) is 0 Å². The molecular formula is C13H15FO2S. The highest BCUT2D eigenvalue weighted by molar-refractivity contribution is 8.00. The van der Waals surface area contributed by atoms with Crippen LogP contribution in [0, 0.1) is 5.82 Å². The van der Waals surface area contributed by atoms with Gasteiger partial charge in [-0.2, -0.15) is 11.8 Å². The summed E-state index contributed by atoms with van der Waals surface area (Å²) in [5.41, 5.74) is 0.201.